The molecule has 25 heavy (non-hydrogen) atoms. The molecule has 1 fully saturated rings. The predicted octanol–water partition coefficient (Wildman–Crippen LogP) is 1.71. The second-order valence-corrected chi connectivity index (χ2v) is 6.08. The third-order valence-electron chi connectivity index (χ3n) is 4.59. The Kier molecular flexibility index (Phi) is 4.03. The van der Waals surface area contributed by atoms with Gasteiger partial charge in [-0.2, -0.15) is 5.10 Å². The first-order valence-electron chi connectivity index (χ1n) is 8.30. The number of nitrogens with zero attached hydrogens (tertiary/aromatic N) is 2. The van der Waals surface area contributed by atoms with Gasteiger partial charge in [0, 0.05) is 25.0 Å². The zero-order chi connectivity index (χ0) is 17.2. The summed E-state index contributed by atoms with van der Waals surface area (Å²) in [5.74, 6) is -0.164. The minimum absolute atomic E-state index is 0.0602. The molecule has 126 valence electrons. The van der Waals surface area contributed by atoms with E-state index in [0.29, 0.717) is 23.9 Å². The highest BCUT2D eigenvalue weighted by Gasteiger charge is 2.30. The molecular weight excluding hydrogens is 316 g/mol. The van der Waals surface area contributed by atoms with Crippen LogP contribution in [0.1, 0.15) is 22.1 Å². The summed E-state index contributed by atoms with van der Waals surface area (Å²) in [4.78, 5) is 27.0. The van der Waals surface area contributed by atoms with E-state index in [-0.39, 0.29) is 23.2 Å². The van der Waals surface area contributed by atoms with Crippen molar-refractivity contribution >= 4 is 16.7 Å². The van der Waals surface area contributed by atoms with Crippen LogP contribution in [0.3, 0.4) is 0 Å². The molecule has 0 saturated carbocycles. The topological polar surface area (TPSA) is 78.1 Å². The third kappa shape index (κ3) is 2.81. The number of H-pyrrole nitrogens is 1. The summed E-state index contributed by atoms with van der Waals surface area (Å²) in [6.45, 7) is 2.01. The lowest BCUT2D eigenvalue weighted by Crippen LogP contribution is -2.49. The number of fused-ring (bicyclic) bond motifs is 1. The zero-order valence-electron chi connectivity index (χ0n) is 13.6. The average molecular weight is 334 g/mol. The number of benzene rings is 2. The van der Waals surface area contributed by atoms with Crippen molar-refractivity contribution in [3.8, 4) is 0 Å². The first-order chi connectivity index (χ1) is 12.3. The van der Waals surface area contributed by atoms with Gasteiger partial charge in [0.1, 0.15) is 0 Å². The standard InChI is InChI=1S/C19H18N4O2/c24-18-15-9-5-4-8-14(15)17(21-22-18)19(25)23-11-10-20-12-16(23)13-6-2-1-3-7-13/h1-9,16,20H,10-12H2,(H,22,24). The lowest BCUT2D eigenvalue weighted by molar-refractivity contribution is 0.0629. The molecule has 0 radical (unpaired) electrons. The van der Waals surface area contributed by atoms with Crippen molar-refractivity contribution in [1.82, 2.24) is 20.4 Å². The Bertz CT molecular complexity index is 968. The molecule has 6 nitrogen and oxygen atoms in total. The van der Waals surface area contributed by atoms with E-state index in [1.807, 2.05) is 41.3 Å². The van der Waals surface area contributed by atoms with Gasteiger partial charge in [-0.15, -0.1) is 0 Å². The van der Waals surface area contributed by atoms with Gasteiger partial charge < -0.3 is 10.2 Å². The molecule has 1 aliphatic rings. The van der Waals surface area contributed by atoms with E-state index in [1.165, 1.54) is 0 Å². The molecule has 6 heteroatoms. The molecule has 1 aromatic heterocycles. The monoisotopic (exact) mass is 334 g/mol. The van der Waals surface area contributed by atoms with Crippen molar-refractivity contribution in [2.24, 2.45) is 0 Å². The van der Waals surface area contributed by atoms with Gasteiger partial charge in [-0.1, -0.05) is 48.5 Å². The van der Waals surface area contributed by atoms with Gasteiger partial charge in [0.15, 0.2) is 5.69 Å². The number of rotatable bonds is 2. The van der Waals surface area contributed by atoms with E-state index >= 15 is 0 Å². The molecule has 1 aliphatic heterocycles. The summed E-state index contributed by atoms with van der Waals surface area (Å²) in [6.07, 6.45) is 0. The Morgan fingerprint density at radius 3 is 2.56 bits per heavy atom. The molecule has 1 saturated heterocycles. The van der Waals surface area contributed by atoms with Gasteiger partial charge in [0.2, 0.25) is 0 Å². The number of hydrogen-bond donors (Lipinski definition) is 2. The molecule has 2 heterocycles. The summed E-state index contributed by atoms with van der Waals surface area (Å²) in [6, 6.07) is 17.0. The van der Waals surface area contributed by atoms with Crippen molar-refractivity contribution in [3.63, 3.8) is 0 Å². The Morgan fingerprint density at radius 1 is 1.04 bits per heavy atom. The van der Waals surface area contributed by atoms with E-state index in [1.54, 1.807) is 18.2 Å². The maximum absolute atomic E-state index is 13.2. The Morgan fingerprint density at radius 2 is 1.76 bits per heavy atom. The lowest BCUT2D eigenvalue weighted by Gasteiger charge is -2.36. The minimum Gasteiger partial charge on any atom is -0.328 e. The maximum Gasteiger partial charge on any atom is 0.275 e. The van der Waals surface area contributed by atoms with Gasteiger partial charge >= 0.3 is 0 Å². The molecule has 2 N–H and O–H groups in total. The van der Waals surface area contributed by atoms with Crippen LogP contribution in [0.4, 0.5) is 0 Å². The van der Waals surface area contributed by atoms with Crippen LogP contribution in [0.2, 0.25) is 0 Å². The quantitative estimate of drug-likeness (QED) is 0.748. The highest BCUT2D eigenvalue weighted by Crippen LogP contribution is 2.25. The minimum atomic E-state index is -0.285. The van der Waals surface area contributed by atoms with E-state index in [2.05, 4.69) is 15.5 Å². The van der Waals surface area contributed by atoms with E-state index < -0.39 is 0 Å². The number of aromatic amines is 1. The van der Waals surface area contributed by atoms with Crippen molar-refractivity contribution in [3.05, 3.63) is 76.2 Å². The van der Waals surface area contributed by atoms with Crippen molar-refractivity contribution in [2.75, 3.05) is 19.6 Å². The summed E-state index contributed by atoms with van der Waals surface area (Å²) in [7, 11) is 0. The van der Waals surface area contributed by atoms with Gasteiger partial charge in [-0.25, -0.2) is 5.10 Å². The third-order valence-corrected chi connectivity index (χ3v) is 4.59. The first kappa shape index (κ1) is 15.5. The van der Waals surface area contributed by atoms with Crippen molar-refractivity contribution < 1.29 is 4.79 Å². The summed E-state index contributed by atoms with van der Waals surface area (Å²) in [5, 5.41) is 10.9. The van der Waals surface area contributed by atoms with Crippen LogP contribution in [-0.4, -0.2) is 40.6 Å². The molecule has 0 aliphatic carbocycles. The zero-order valence-corrected chi connectivity index (χ0v) is 13.6. The second kappa shape index (κ2) is 6.49. The molecule has 0 spiro atoms. The Balaban J connectivity index is 1.77. The fraction of sp³-hybridized carbons (Fsp3) is 0.211. The van der Waals surface area contributed by atoms with Gasteiger partial charge in [-0.3, -0.25) is 9.59 Å². The number of amides is 1. The predicted molar refractivity (Wildman–Crippen MR) is 95.5 cm³/mol. The van der Waals surface area contributed by atoms with Crippen LogP contribution in [0, 0.1) is 0 Å². The molecule has 1 atom stereocenters. The maximum atomic E-state index is 13.2. The van der Waals surface area contributed by atoms with Crippen molar-refractivity contribution in [1.29, 1.82) is 0 Å². The first-order valence-corrected chi connectivity index (χ1v) is 8.30. The molecule has 1 unspecified atom stereocenters. The van der Waals surface area contributed by atoms with E-state index in [0.717, 1.165) is 12.1 Å². The van der Waals surface area contributed by atoms with Crippen LogP contribution in [0.25, 0.3) is 10.8 Å². The normalized spacial score (nSPS) is 17.6. The van der Waals surface area contributed by atoms with E-state index in [4.69, 9.17) is 0 Å². The highest BCUT2D eigenvalue weighted by atomic mass is 16.2. The smallest absolute Gasteiger partial charge is 0.275 e. The summed E-state index contributed by atoms with van der Waals surface area (Å²) in [5.41, 5.74) is 1.09. The number of piperazine rings is 1. The summed E-state index contributed by atoms with van der Waals surface area (Å²) >= 11 is 0. The molecule has 2 aromatic carbocycles. The Labute approximate surface area is 144 Å². The highest BCUT2D eigenvalue weighted by molar-refractivity contribution is 6.04. The number of hydrogen-bond acceptors (Lipinski definition) is 4. The molecule has 1 amide bonds. The van der Waals surface area contributed by atoms with E-state index in [9.17, 15) is 9.59 Å². The molecule has 4 rings (SSSR count). The number of carbonyl (C=O) groups excluding carboxylic acids is 1. The molecular formula is C19H18N4O2. The fourth-order valence-electron chi connectivity index (χ4n) is 3.33. The average Bonchev–Trinajstić information content (AvgIpc) is 2.69. The largest absolute Gasteiger partial charge is 0.328 e. The Hall–Kier alpha value is -2.99. The van der Waals surface area contributed by atoms with Crippen molar-refractivity contribution in [2.45, 2.75) is 6.04 Å². The lowest BCUT2D eigenvalue weighted by atomic mass is 10.0. The number of carbonyl (C=O) groups is 1. The number of nitrogens with one attached hydrogen (secondary N) is 2. The van der Waals surface area contributed by atoms with Crippen LogP contribution in [-0.2, 0) is 0 Å². The summed E-state index contributed by atoms with van der Waals surface area (Å²) < 4.78 is 0. The fourth-order valence-corrected chi connectivity index (χ4v) is 3.33. The second-order valence-electron chi connectivity index (χ2n) is 6.08. The van der Waals surface area contributed by atoms with Crippen LogP contribution in [0.15, 0.2) is 59.4 Å². The number of aromatic nitrogens is 2. The molecule has 0 bridgehead atoms. The van der Waals surface area contributed by atoms with Gasteiger partial charge in [0.25, 0.3) is 11.5 Å². The van der Waals surface area contributed by atoms with Crippen LogP contribution in [0.5, 0.6) is 0 Å². The van der Waals surface area contributed by atoms with Gasteiger partial charge in [0.05, 0.1) is 11.4 Å². The van der Waals surface area contributed by atoms with Gasteiger partial charge in [-0.05, 0) is 11.6 Å². The van der Waals surface area contributed by atoms with Crippen LogP contribution >= 0.6 is 0 Å². The molecule has 3 aromatic rings. The van der Waals surface area contributed by atoms with Crippen LogP contribution < -0.4 is 10.9 Å². The SMILES string of the molecule is O=C(c1n[nH]c(=O)c2ccccc12)N1CCNCC1c1ccccc1.